The molecule has 1 amide bonds. The Balaban J connectivity index is 1.46. The number of nitrogens with one attached hydrogen (secondary N) is 1. The summed E-state index contributed by atoms with van der Waals surface area (Å²) in [4.78, 5) is 19.0. The maximum atomic E-state index is 12.6. The zero-order chi connectivity index (χ0) is 24.9. The summed E-state index contributed by atoms with van der Waals surface area (Å²) in [5.41, 5.74) is 5.00. The van der Waals surface area contributed by atoms with E-state index in [2.05, 4.69) is 15.2 Å². The summed E-state index contributed by atoms with van der Waals surface area (Å²) in [5, 5.41) is 8.43. The molecule has 0 saturated carbocycles. The quantitative estimate of drug-likeness (QED) is 0.399. The van der Waals surface area contributed by atoms with Gasteiger partial charge in [-0.05, 0) is 36.4 Å². The Kier molecular flexibility index (Phi) is 7.27. The van der Waals surface area contributed by atoms with Gasteiger partial charge in [-0.3, -0.25) is 14.7 Å². The first-order valence-electron chi connectivity index (χ1n) is 11.6. The minimum Gasteiger partial charge on any atom is -0.495 e. The van der Waals surface area contributed by atoms with Crippen molar-refractivity contribution in [3.8, 4) is 33.8 Å². The molecule has 0 spiro atoms. The minimum atomic E-state index is -0.0560. The number of morpholine rings is 1. The van der Waals surface area contributed by atoms with Crippen molar-refractivity contribution >= 4 is 23.2 Å². The predicted molar refractivity (Wildman–Crippen MR) is 140 cm³/mol. The van der Waals surface area contributed by atoms with Gasteiger partial charge in [-0.25, -0.2) is 4.68 Å². The molecule has 1 aliphatic heterocycles. The fraction of sp³-hybridized carbons (Fsp3) is 0.222. The summed E-state index contributed by atoms with van der Waals surface area (Å²) >= 11 is 6.26. The summed E-state index contributed by atoms with van der Waals surface area (Å²) in [7, 11) is 1.59. The summed E-state index contributed by atoms with van der Waals surface area (Å²) in [6.45, 7) is 3.17. The Morgan fingerprint density at radius 3 is 2.75 bits per heavy atom. The Labute approximate surface area is 214 Å². The third-order valence-electron chi connectivity index (χ3n) is 5.98. The average molecular weight is 504 g/mol. The Morgan fingerprint density at radius 2 is 1.97 bits per heavy atom. The lowest BCUT2D eigenvalue weighted by Gasteiger charge is -2.25. The van der Waals surface area contributed by atoms with Gasteiger partial charge in [0.25, 0.3) is 0 Å². The molecule has 2 aromatic heterocycles. The smallest absolute Gasteiger partial charge is 0.238 e. The molecule has 9 heteroatoms. The van der Waals surface area contributed by atoms with Gasteiger partial charge < -0.3 is 14.8 Å². The molecule has 8 nitrogen and oxygen atoms in total. The number of ether oxygens (including phenoxy) is 2. The molecule has 1 N–H and O–H groups in total. The van der Waals surface area contributed by atoms with Crippen molar-refractivity contribution < 1.29 is 14.3 Å². The number of hydrogen-bond donors (Lipinski definition) is 1. The van der Waals surface area contributed by atoms with Gasteiger partial charge in [-0.1, -0.05) is 29.8 Å². The third-order valence-corrected chi connectivity index (χ3v) is 6.29. The highest BCUT2D eigenvalue weighted by Crippen LogP contribution is 2.35. The zero-order valence-electron chi connectivity index (χ0n) is 19.9. The third kappa shape index (κ3) is 5.41. The first-order valence-corrected chi connectivity index (χ1v) is 12.0. The molecule has 1 saturated heterocycles. The fourth-order valence-electron chi connectivity index (χ4n) is 4.15. The van der Waals surface area contributed by atoms with Crippen LogP contribution in [0.1, 0.15) is 0 Å². The van der Waals surface area contributed by atoms with Crippen LogP contribution in [0.2, 0.25) is 5.02 Å². The summed E-state index contributed by atoms with van der Waals surface area (Å²) in [5.74, 6) is 0.519. The molecule has 4 aromatic rings. The molecule has 184 valence electrons. The zero-order valence-corrected chi connectivity index (χ0v) is 20.6. The second-order valence-electron chi connectivity index (χ2n) is 8.41. The maximum absolute atomic E-state index is 12.6. The number of amides is 1. The highest BCUT2D eigenvalue weighted by Gasteiger charge is 2.17. The van der Waals surface area contributed by atoms with E-state index in [9.17, 15) is 4.79 Å². The molecule has 2 aromatic carbocycles. The first kappa shape index (κ1) is 24.0. The second kappa shape index (κ2) is 10.9. The Morgan fingerprint density at radius 1 is 1.11 bits per heavy atom. The largest absolute Gasteiger partial charge is 0.495 e. The lowest BCUT2D eigenvalue weighted by Crippen LogP contribution is -2.41. The number of carbonyl (C=O) groups is 1. The molecule has 5 rings (SSSR count). The lowest BCUT2D eigenvalue weighted by atomic mass is 10.0. The van der Waals surface area contributed by atoms with Crippen LogP contribution in [-0.4, -0.2) is 65.5 Å². The lowest BCUT2D eigenvalue weighted by molar-refractivity contribution is -0.118. The standard InChI is InChI=1S/C27H26ClN5O3/c1-35-25-14-19(7-8-24(25)28)27-23(20-4-3-9-29-16-20)17-33(31-27)22-6-2-5-21(15-22)30-26(34)18-32-10-12-36-13-11-32/h2-9,14-17H,10-13,18H2,1H3,(H,30,34). The number of carbonyl (C=O) groups excluding carboxylic acids is 1. The molecular formula is C27H26ClN5O3. The molecule has 0 bridgehead atoms. The van der Waals surface area contributed by atoms with Crippen LogP contribution in [0.4, 0.5) is 5.69 Å². The average Bonchev–Trinajstić information content (AvgIpc) is 3.36. The van der Waals surface area contributed by atoms with Crippen molar-refractivity contribution in [2.75, 3.05) is 45.3 Å². The van der Waals surface area contributed by atoms with Gasteiger partial charge in [0.1, 0.15) is 11.4 Å². The maximum Gasteiger partial charge on any atom is 0.238 e. The van der Waals surface area contributed by atoms with E-state index in [0.29, 0.717) is 36.2 Å². The molecular weight excluding hydrogens is 478 g/mol. The van der Waals surface area contributed by atoms with Gasteiger partial charge in [-0.2, -0.15) is 5.10 Å². The number of hydrogen-bond acceptors (Lipinski definition) is 6. The van der Waals surface area contributed by atoms with Crippen LogP contribution in [0.5, 0.6) is 5.75 Å². The van der Waals surface area contributed by atoms with Crippen molar-refractivity contribution in [3.63, 3.8) is 0 Å². The molecule has 3 heterocycles. The van der Waals surface area contributed by atoms with E-state index in [0.717, 1.165) is 41.2 Å². The number of halogens is 1. The number of rotatable bonds is 7. The second-order valence-corrected chi connectivity index (χ2v) is 8.82. The van der Waals surface area contributed by atoms with Gasteiger partial charge in [0.2, 0.25) is 5.91 Å². The number of aromatic nitrogens is 3. The fourth-order valence-corrected chi connectivity index (χ4v) is 4.34. The van der Waals surface area contributed by atoms with E-state index < -0.39 is 0 Å². The number of methoxy groups -OCH3 is 1. The van der Waals surface area contributed by atoms with Gasteiger partial charge in [-0.15, -0.1) is 0 Å². The molecule has 0 radical (unpaired) electrons. The van der Waals surface area contributed by atoms with E-state index in [1.807, 2.05) is 54.7 Å². The van der Waals surface area contributed by atoms with E-state index >= 15 is 0 Å². The van der Waals surface area contributed by atoms with Crippen LogP contribution >= 0.6 is 11.6 Å². The minimum absolute atomic E-state index is 0.0560. The topological polar surface area (TPSA) is 81.5 Å². The van der Waals surface area contributed by atoms with Crippen LogP contribution in [0.25, 0.3) is 28.1 Å². The number of anilines is 1. The highest BCUT2D eigenvalue weighted by atomic mass is 35.5. The summed E-state index contributed by atoms with van der Waals surface area (Å²) < 4.78 is 12.6. The molecule has 36 heavy (non-hydrogen) atoms. The van der Waals surface area contributed by atoms with E-state index in [4.69, 9.17) is 26.2 Å². The summed E-state index contributed by atoms with van der Waals surface area (Å²) in [6.07, 6.45) is 5.50. The van der Waals surface area contributed by atoms with Crippen molar-refractivity contribution in [2.24, 2.45) is 0 Å². The van der Waals surface area contributed by atoms with Gasteiger partial charge >= 0.3 is 0 Å². The normalized spacial score (nSPS) is 13.9. The van der Waals surface area contributed by atoms with E-state index in [-0.39, 0.29) is 5.91 Å². The van der Waals surface area contributed by atoms with Crippen LogP contribution in [0, 0.1) is 0 Å². The SMILES string of the molecule is COc1cc(-c2nn(-c3cccc(NC(=O)CN4CCOCC4)c3)cc2-c2cccnc2)ccc1Cl. The van der Waals surface area contributed by atoms with E-state index in [1.54, 1.807) is 30.3 Å². The van der Waals surface area contributed by atoms with Crippen LogP contribution in [-0.2, 0) is 9.53 Å². The molecule has 0 unspecified atom stereocenters. The molecule has 0 aliphatic carbocycles. The van der Waals surface area contributed by atoms with Crippen molar-refractivity contribution in [2.45, 2.75) is 0 Å². The van der Waals surface area contributed by atoms with Crippen molar-refractivity contribution in [3.05, 3.63) is 78.2 Å². The number of nitrogens with zero attached hydrogens (tertiary/aromatic N) is 4. The van der Waals surface area contributed by atoms with Crippen molar-refractivity contribution in [1.29, 1.82) is 0 Å². The van der Waals surface area contributed by atoms with Crippen LogP contribution in [0.15, 0.2) is 73.2 Å². The molecule has 1 aliphatic rings. The predicted octanol–water partition coefficient (Wildman–Crippen LogP) is 4.53. The van der Waals surface area contributed by atoms with E-state index in [1.165, 1.54) is 0 Å². The van der Waals surface area contributed by atoms with Gasteiger partial charge in [0.15, 0.2) is 0 Å². The number of pyridine rings is 1. The number of benzene rings is 2. The molecule has 0 atom stereocenters. The Hall–Kier alpha value is -3.72. The van der Waals surface area contributed by atoms with Crippen LogP contribution < -0.4 is 10.1 Å². The first-order chi connectivity index (χ1) is 17.6. The molecule has 1 fully saturated rings. The monoisotopic (exact) mass is 503 g/mol. The summed E-state index contributed by atoms with van der Waals surface area (Å²) in [6, 6.07) is 17.1. The van der Waals surface area contributed by atoms with Gasteiger partial charge in [0, 0.05) is 54.1 Å². The van der Waals surface area contributed by atoms with Gasteiger partial charge in [0.05, 0.1) is 37.6 Å². The van der Waals surface area contributed by atoms with Crippen molar-refractivity contribution in [1.82, 2.24) is 19.7 Å². The highest BCUT2D eigenvalue weighted by molar-refractivity contribution is 6.32. The van der Waals surface area contributed by atoms with Crippen LogP contribution in [0.3, 0.4) is 0 Å². The Bertz CT molecular complexity index is 1350.